The molecule has 0 aliphatic heterocycles. The first-order valence-corrected chi connectivity index (χ1v) is 13.7. The topological polar surface area (TPSA) is 64.6 Å². The lowest BCUT2D eigenvalue weighted by Gasteiger charge is -2.26. The molecule has 38 heavy (non-hydrogen) atoms. The molecule has 1 N–H and O–H groups in total. The lowest BCUT2D eigenvalue weighted by molar-refractivity contribution is -0.113. The van der Waals surface area contributed by atoms with Gasteiger partial charge in [0.15, 0.2) is 0 Å². The number of nitrogens with one attached hydrogen (secondary N) is 1. The van der Waals surface area contributed by atoms with E-state index in [0.29, 0.717) is 35.9 Å². The maximum Gasteiger partial charge on any atom is 0.337 e. The molecule has 1 fully saturated rings. The summed E-state index contributed by atoms with van der Waals surface area (Å²) in [6.45, 7) is 0.431. The number of amides is 1. The van der Waals surface area contributed by atoms with E-state index in [-0.39, 0.29) is 17.8 Å². The summed E-state index contributed by atoms with van der Waals surface area (Å²) in [5.41, 5.74) is 8.09. The minimum Gasteiger partial charge on any atom is -0.489 e. The van der Waals surface area contributed by atoms with Gasteiger partial charge >= 0.3 is 5.97 Å². The summed E-state index contributed by atoms with van der Waals surface area (Å²) < 4.78 is 11.0. The Morgan fingerprint density at radius 3 is 2.45 bits per heavy atom. The fourth-order valence-corrected chi connectivity index (χ4v) is 5.76. The van der Waals surface area contributed by atoms with Crippen molar-refractivity contribution in [2.45, 2.75) is 45.1 Å². The van der Waals surface area contributed by atoms with E-state index in [1.165, 1.54) is 43.1 Å². The SMILES string of the molecule is COC(=O)c1ccc2c(c1)CC(c1ccc(OCc3ccccc3)cc1NC(=O)CCl)=C2C1CCCCC1. The fourth-order valence-electron chi connectivity index (χ4n) is 5.70. The van der Waals surface area contributed by atoms with E-state index < -0.39 is 0 Å². The Morgan fingerprint density at radius 1 is 0.947 bits per heavy atom. The number of fused-ring (bicyclic) bond motifs is 1. The number of hydrogen-bond donors (Lipinski definition) is 1. The van der Waals surface area contributed by atoms with Crippen LogP contribution in [0, 0.1) is 5.92 Å². The smallest absolute Gasteiger partial charge is 0.337 e. The van der Waals surface area contributed by atoms with Crippen LogP contribution in [0.1, 0.15) is 64.7 Å². The van der Waals surface area contributed by atoms with Gasteiger partial charge < -0.3 is 14.8 Å². The quantitative estimate of drug-likeness (QED) is 0.246. The van der Waals surface area contributed by atoms with E-state index in [2.05, 4.69) is 11.4 Å². The summed E-state index contributed by atoms with van der Waals surface area (Å²) in [6.07, 6.45) is 6.63. The van der Waals surface area contributed by atoms with Crippen molar-refractivity contribution in [3.63, 3.8) is 0 Å². The number of benzene rings is 3. The van der Waals surface area contributed by atoms with Gasteiger partial charge in [-0.1, -0.05) is 55.7 Å². The lowest BCUT2D eigenvalue weighted by atomic mass is 9.79. The van der Waals surface area contributed by atoms with Crippen molar-refractivity contribution in [2.75, 3.05) is 18.3 Å². The molecular weight excluding hydrogens is 498 g/mol. The van der Waals surface area contributed by atoms with Crippen molar-refractivity contribution in [1.29, 1.82) is 0 Å². The Bertz CT molecular complexity index is 1360. The third-order valence-electron chi connectivity index (χ3n) is 7.48. The van der Waals surface area contributed by atoms with Gasteiger partial charge in [-0.15, -0.1) is 11.6 Å². The fraction of sp³-hybridized carbons (Fsp3) is 0.312. The van der Waals surface area contributed by atoms with Crippen LogP contribution in [0.2, 0.25) is 0 Å². The van der Waals surface area contributed by atoms with Crippen LogP contribution in [0.4, 0.5) is 5.69 Å². The van der Waals surface area contributed by atoms with Gasteiger partial charge in [-0.2, -0.15) is 0 Å². The standard InChI is InChI=1S/C32H32ClNO4/c1-37-32(36)23-12-14-26-24(16-23)17-28(31(26)22-10-6-3-7-11-22)27-15-13-25(18-29(27)34-30(35)19-33)38-20-21-8-4-2-5-9-21/h2,4-5,8-9,12-16,18,22H,3,6-7,10-11,17,19-20H2,1H3,(H,34,35). The third kappa shape index (κ3) is 5.63. The molecule has 3 aromatic carbocycles. The number of anilines is 1. The summed E-state index contributed by atoms with van der Waals surface area (Å²) in [5, 5.41) is 3.01. The molecule has 2 aliphatic rings. The molecule has 5 rings (SSSR count). The van der Waals surface area contributed by atoms with Gasteiger partial charge in [0.1, 0.15) is 18.2 Å². The van der Waals surface area contributed by atoms with Crippen molar-refractivity contribution in [2.24, 2.45) is 5.92 Å². The Hall–Kier alpha value is -3.57. The first kappa shape index (κ1) is 26.1. The number of allylic oxidation sites excluding steroid dienone is 2. The van der Waals surface area contributed by atoms with Crippen LogP contribution in [-0.4, -0.2) is 24.9 Å². The maximum absolute atomic E-state index is 12.4. The Labute approximate surface area is 228 Å². The van der Waals surface area contributed by atoms with Gasteiger partial charge in [0.25, 0.3) is 0 Å². The first-order valence-electron chi connectivity index (χ1n) is 13.2. The average molecular weight is 530 g/mol. The molecule has 0 aromatic heterocycles. The second kappa shape index (κ2) is 11.9. The summed E-state index contributed by atoms with van der Waals surface area (Å²) in [4.78, 5) is 24.7. The molecule has 0 unspecified atom stereocenters. The normalized spacial score (nSPS) is 15.2. The van der Waals surface area contributed by atoms with E-state index in [1.807, 2.05) is 60.7 Å². The first-order chi connectivity index (χ1) is 18.6. The Balaban J connectivity index is 1.55. The number of esters is 1. The van der Waals surface area contributed by atoms with Gasteiger partial charge in [0.05, 0.1) is 18.4 Å². The second-order valence-corrected chi connectivity index (χ2v) is 10.2. The average Bonchev–Trinajstić information content (AvgIpc) is 3.35. The second-order valence-electron chi connectivity index (χ2n) is 9.93. The number of halogens is 1. The van der Waals surface area contributed by atoms with Crippen LogP contribution in [0.15, 0.2) is 66.7 Å². The predicted octanol–water partition coefficient (Wildman–Crippen LogP) is 7.28. The zero-order chi connectivity index (χ0) is 26.5. The van der Waals surface area contributed by atoms with E-state index in [1.54, 1.807) is 0 Å². The van der Waals surface area contributed by atoms with Crippen molar-refractivity contribution in [3.05, 3.63) is 94.5 Å². The molecule has 0 bridgehead atoms. The molecule has 0 radical (unpaired) electrons. The summed E-state index contributed by atoms with van der Waals surface area (Å²) >= 11 is 5.88. The molecule has 196 valence electrons. The molecule has 5 nitrogen and oxygen atoms in total. The van der Waals surface area contributed by atoms with Crippen molar-refractivity contribution >= 4 is 40.3 Å². The van der Waals surface area contributed by atoms with Crippen molar-refractivity contribution in [3.8, 4) is 5.75 Å². The number of hydrogen-bond acceptors (Lipinski definition) is 4. The number of rotatable bonds is 8. The van der Waals surface area contributed by atoms with Gasteiger partial charge in [-0.25, -0.2) is 4.79 Å². The molecule has 6 heteroatoms. The minimum atomic E-state index is -0.338. The van der Waals surface area contributed by atoms with Gasteiger partial charge in [-0.05, 0) is 77.3 Å². The van der Waals surface area contributed by atoms with Gasteiger partial charge in [-0.3, -0.25) is 4.79 Å². The number of methoxy groups -OCH3 is 1. The highest BCUT2D eigenvalue weighted by Crippen LogP contribution is 2.48. The van der Waals surface area contributed by atoms with Crippen LogP contribution in [0.25, 0.3) is 11.1 Å². The lowest BCUT2D eigenvalue weighted by Crippen LogP contribution is -2.15. The molecule has 1 amide bonds. The molecule has 0 heterocycles. The van der Waals surface area contributed by atoms with Gasteiger partial charge in [0, 0.05) is 11.6 Å². The van der Waals surface area contributed by atoms with Crippen LogP contribution in [0.3, 0.4) is 0 Å². The number of carbonyl (C=O) groups excluding carboxylic acids is 2. The molecular formula is C32H32ClNO4. The Kier molecular flexibility index (Phi) is 8.14. The highest BCUT2D eigenvalue weighted by Gasteiger charge is 2.31. The van der Waals surface area contributed by atoms with Crippen molar-refractivity contribution in [1.82, 2.24) is 0 Å². The Morgan fingerprint density at radius 2 is 1.71 bits per heavy atom. The summed E-state index contributed by atoms with van der Waals surface area (Å²) in [5.74, 6) is 0.374. The third-order valence-corrected chi connectivity index (χ3v) is 7.72. The van der Waals surface area contributed by atoms with E-state index in [9.17, 15) is 9.59 Å². The van der Waals surface area contributed by atoms with Gasteiger partial charge in [0.2, 0.25) is 5.91 Å². The number of carbonyl (C=O) groups is 2. The summed E-state index contributed by atoms with van der Waals surface area (Å²) in [6, 6.07) is 21.7. The zero-order valence-electron chi connectivity index (χ0n) is 21.6. The zero-order valence-corrected chi connectivity index (χ0v) is 22.4. The molecule has 2 aliphatic carbocycles. The monoisotopic (exact) mass is 529 g/mol. The largest absolute Gasteiger partial charge is 0.489 e. The molecule has 0 saturated heterocycles. The predicted molar refractivity (Wildman–Crippen MR) is 151 cm³/mol. The van der Waals surface area contributed by atoms with Crippen LogP contribution in [0.5, 0.6) is 5.75 Å². The van der Waals surface area contributed by atoms with E-state index in [0.717, 1.165) is 29.5 Å². The molecule has 0 atom stereocenters. The van der Waals surface area contributed by atoms with Crippen LogP contribution < -0.4 is 10.1 Å². The molecule has 1 saturated carbocycles. The minimum absolute atomic E-state index is 0.133. The molecule has 0 spiro atoms. The highest BCUT2D eigenvalue weighted by molar-refractivity contribution is 6.29. The highest BCUT2D eigenvalue weighted by atomic mass is 35.5. The van der Waals surface area contributed by atoms with E-state index in [4.69, 9.17) is 21.1 Å². The van der Waals surface area contributed by atoms with Crippen LogP contribution in [-0.2, 0) is 22.6 Å². The van der Waals surface area contributed by atoms with Crippen molar-refractivity contribution < 1.29 is 19.1 Å². The van der Waals surface area contributed by atoms with E-state index >= 15 is 0 Å². The number of alkyl halides is 1. The summed E-state index contributed by atoms with van der Waals surface area (Å²) in [7, 11) is 1.40. The maximum atomic E-state index is 12.4. The molecule has 3 aromatic rings. The van der Waals surface area contributed by atoms with Crippen LogP contribution >= 0.6 is 11.6 Å². The number of ether oxygens (including phenoxy) is 2.